The van der Waals surface area contributed by atoms with Crippen molar-refractivity contribution in [1.29, 1.82) is 0 Å². The van der Waals surface area contributed by atoms with Crippen LogP contribution in [0.1, 0.15) is 59.2 Å². The fraction of sp³-hybridized carbons (Fsp3) is 0.706. The Morgan fingerprint density at radius 3 is 2.38 bits per heavy atom. The number of aliphatic hydroxyl groups excluding tert-OH is 1. The molecule has 1 aromatic heterocycles. The van der Waals surface area contributed by atoms with Crippen molar-refractivity contribution in [3.05, 3.63) is 11.9 Å². The van der Waals surface area contributed by atoms with Crippen LogP contribution in [0.5, 0.6) is 0 Å². The maximum absolute atomic E-state index is 13.1. The molecular weight excluding hydrogens is 347 g/mol. The highest BCUT2D eigenvalue weighted by atomic mass is 19.4. The van der Waals surface area contributed by atoms with Crippen LogP contribution in [0.15, 0.2) is 6.08 Å². The number of halogens is 3. The summed E-state index contributed by atoms with van der Waals surface area (Å²) in [5, 5.41) is 15.3. The number of anilines is 2. The van der Waals surface area contributed by atoms with Gasteiger partial charge in [0.25, 0.3) is 0 Å². The Bertz CT molecular complexity index is 655. The van der Waals surface area contributed by atoms with Crippen LogP contribution in [0.3, 0.4) is 0 Å². The first-order valence-corrected chi connectivity index (χ1v) is 8.74. The van der Waals surface area contributed by atoms with Crippen LogP contribution >= 0.6 is 0 Å². The van der Waals surface area contributed by atoms with Gasteiger partial charge in [-0.05, 0) is 58.1 Å². The SMILES string of the molecule is CC[C@@H](Nc1nc(NC(C)(C)C)nc(C2=CC(O)CCC2)n1)C(F)(F)F. The van der Waals surface area contributed by atoms with Gasteiger partial charge in [0.05, 0.1) is 6.10 Å². The summed E-state index contributed by atoms with van der Waals surface area (Å²) in [5.74, 6) is 0.347. The molecule has 1 unspecified atom stereocenters. The van der Waals surface area contributed by atoms with E-state index in [2.05, 4.69) is 25.6 Å². The van der Waals surface area contributed by atoms with E-state index in [0.29, 0.717) is 18.4 Å². The van der Waals surface area contributed by atoms with Crippen LogP contribution < -0.4 is 10.6 Å². The Balaban J connectivity index is 2.40. The molecule has 0 aliphatic heterocycles. The molecule has 0 spiro atoms. The van der Waals surface area contributed by atoms with E-state index in [4.69, 9.17) is 0 Å². The topological polar surface area (TPSA) is 83.0 Å². The first-order chi connectivity index (χ1) is 12.0. The van der Waals surface area contributed by atoms with Crippen molar-refractivity contribution in [2.75, 3.05) is 10.6 Å². The van der Waals surface area contributed by atoms with Crippen LogP contribution in [-0.2, 0) is 0 Å². The second kappa shape index (κ2) is 7.77. The third-order valence-corrected chi connectivity index (χ3v) is 3.86. The Kier molecular flexibility index (Phi) is 6.10. The third-order valence-electron chi connectivity index (χ3n) is 3.86. The minimum Gasteiger partial charge on any atom is -0.389 e. The summed E-state index contributed by atoms with van der Waals surface area (Å²) in [6.07, 6.45) is -1.41. The summed E-state index contributed by atoms with van der Waals surface area (Å²) >= 11 is 0. The monoisotopic (exact) mass is 373 g/mol. The molecule has 0 amide bonds. The van der Waals surface area contributed by atoms with Gasteiger partial charge in [-0.3, -0.25) is 0 Å². The van der Waals surface area contributed by atoms with E-state index in [1.165, 1.54) is 6.92 Å². The number of nitrogens with zero attached hydrogens (tertiary/aromatic N) is 3. The van der Waals surface area contributed by atoms with E-state index in [-0.39, 0.29) is 29.7 Å². The number of aliphatic hydroxyl groups is 1. The van der Waals surface area contributed by atoms with Crippen molar-refractivity contribution in [1.82, 2.24) is 15.0 Å². The number of allylic oxidation sites excluding steroid dienone is 1. The van der Waals surface area contributed by atoms with Gasteiger partial charge in [0, 0.05) is 5.54 Å². The second-order valence-electron chi connectivity index (χ2n) is 7.48. The molecule has 1 aliphatic carbocycles. The molecular formula is C17H26F3N5O. The number of hydrogen-bond donors (Lipinski definition) is 3. The number of aromatic nitrogens is 3. The van der Waals surface area contributed by atoms with Crippen molar-refractivity contribution in [3.8, 4) is 0 Å². The molecule has 3 N–H and O–H groups in total. The van der Waals surface area contributed by atoms with Gasteiger partial charge in [-0.25, -0.2) is 0 Å². The molecule has 0 saturated carbocycles. The lowest BCUT2D eigenvalue weighted by Crippen LogP contribution is -2.36. The van der Waals surface area contributed by atoms with E-state index >= 15 is 0 Å². The quantitative estimate of drug-likeness (QED) is 0.729. The molecule has 0 bridgehead atoms. The summed E-state index contributed by atoms with van der Waals surface area (Å²) in [6.45, 7) is 7.15. The molecule has 0 radical (unpaired) electrons. The van der Waals surface area contributed by atoms with E-state index in [9.17, 15) is 18.3 Å². The van der Waals surface area contributed by atoms with Gasteiger partial charge in [-0.2, -0.15) is 28.1 Å². The van der Waals surface area contributed by atoms with Crippen LogP contribution in [0.4, 0.5) is 25.1 Å². The fourth-order valence-electron chi connectivity index (χ4n) is 2.63. The van der Waals surface area contributed by atoms with E-state index in [1.807, 2.05) is 20.8 Å². The molecule has 2 atom stereocenters. The predicted molar refractivity (Wildman–Crippen MR) is 94.8 cm³/mol. The molecule has 0 saturated heterocycles. The normalized spacial score (nSPS) is 19.7. The van der Waals surface area contributed by atoms with Crippen molar-refractivity contribution in [3.63, 3.8) is 0 Å². The second-order valence-corrected chi connectivity index (χ2v) is 7.48. The highest BCUT2D eigenvalue weighted by Crippen LogP contribution is 2.28. The van der Waals surface area contributed by atoms with Crippen LogP contribution in [0, 0.1) is 0 Å². The highest BCUT2D eigenvalue weighted by molar-refractivity contribution is 5.63. The van der Waals surface area contributed by atoms with Gasteiger partial charge in [0.2, 0.25) is 11.9 Å². The number of rotatable bonds is 5. The van der Waals surface area contributed by atoms with Gasteiger partial charge in [0.15, 0.2) is 5.82 Å². The zero-order valence-electron chi connectivity index (χ0n) is 15.5. The lowest BCUT2D eigenvalue weighted by molar-refractivity contribution is -0.143. The van der Waals surface area contributed by atoms with Gasteiger partial charge in [0.1, 0.15) is 6.04 Å². The zero-order chi connectivity index (χ0) is 19.5. The van der Waals surface area contributed by atoms with Crippen LogP contribution in [0.2, 0.25) is 0 Å². The minimum atomic E-state index is -4.40. The largest absolute Gasteiger partial charge is 0.408 e. The third kappa shape index (κ3) is 5.82. The smallest absolute Gasteiger partial charge is 0.389 e. The molecule has 26 heavy (non-hydrogen) atoms. The number of alkyl halides is 3. The van der Waals surface area contributed by atoms with Crippen molar-refractivity contribution >= 4 is 17.5 Å². The Morgan fingerprint density at radius 2 is 1.85 bits per heavy atom. The van der Waals surface area contributed by atoms with E-state index < -0.39 is 18.3 Å². The molecule has 0 aromatic carbocycles. The Hall–Kier alpha value is -1.90. The Morgan fingerprint density at radius 1 is 1.19 bits per heavy atom. The summed E-state index contributed by atoms with van der Waals surface area (Å²) in [7, 11) is 0. The van der Waals surface area contributed by atoms with Crippen molar-refractivity contribution in [2.45, 2.75) is 77.2 Å². The summed E-state index contributed by atoms with van der Waals surface area (Å²) in [4.78, 5) is 12.6. The fourth-order valence-corrected chi connectivity index (χ4v) is 2.63. The Labute approximate surface area is 151 Å². The van der Waals surface area contributed by atoms with Gasteiger partial charge in [-0.1, -0.05) is 6.92 Å². The summed E-state index contributed by atoms with van der Waals surface area (Å²) < 4.78 is 39.3. The minimum absolute atomic E-state index is 0.133. The standard InChI is InChI=1S/C17H26F3N5O/c1-5-12(17(18,19)20)21-14-22-13(10-7-6-8-11(26)9-10)23-15(24-14)25-16(2,3)4/h9,11-12,26H,5-8H2,1-4H3,(H2,21,22,23,24,25)/t11?,12-/m1/s1. The molecule has 9 heteroatoms. The zero-order valence-corrected chi connectivity index (χ0v) is 15.5. The maximum atomic E-state index is 13.1. The lowest BCUT2D eigenvalue weighted by Gasteiger charge is -2.24. The van der Waals surface area contributed by atoms with Gasteiger partial charge >= 0.3 is 6.18 Å². The summed E-state index contributed by atoms with van der Waals surface area (Å²) in [5.41, 5.74) is 0.344. The number of hydrogen-bond acceptors (Lipinski definition) is 6. The molecule has 6 nitrogen and oxygen atoms in total. The average molecular weight is 373 g/mol. The molecule has 0 fully saturated rings. The van der Waals surface area contributed by atoms with E-state index in [0.717, 1.165) is 6.42 Å². The van der Waals surface area contributed by atoms with E-state index in [1.54, 1.807) is 6.08 Å². The molecule has 1 aliphatic rings. The van der Waals surface area contributed by atoms with Crippen LogP contribution in [-0.4, -0.2) is 43.9 Å². The predicted octanol–water partition coefficient (Wildman–Crippen LogP) is 3.76. The van der Waals surface area contributed by atoms with Gasteiger partial charge in [-0.15, -0.1) is 0 Å². The lowest BCUT2D eigenvalue weighted by atomic mass is 9.97. The molecule has 1 aromatic rings. The average Bonchev–Trinajstić information content (AvgIpc) is 2.49. The molecule has 2 rings (SSSR count). The molecule has 1 heterocycles. The first kappa shape index (κ1) is 20.4. The van der Waals surface area contributed by atoms with Gasteiger partial charge < -0.3 is 15.7 Å². The number of nitrogens with one attached hydrogen (secondary N) is 2. The highest BCUT2D eigenvalue weighted by Gasteiger charge is 2.39. The molecule has 146 valence electrons. The maximum Gasteiger partial charge on any atom is 0.408 e. The van der Waals surface area contributed by atoms with Crippen molar-refractivity contribution < 1.29 is 18.3 Å². The van der Waals surface area contributed by atoms with Crippen molar-refractivity contribution in [2.24, 2.45) is 0 Å². The first-order valence-electron chi connectivity index (χ1n) is 8.74. The van der Waals surface area contributed by atoms with Crippen LogP contribution in [0.25, 0.3) is 5.57 Å². The summed E-state index contributed by atoms with van der Waals surface area (Å²) in [6, 6.07) is -1.74.